The van der Waals surface area contributed by atoms with Crippen molar-refractivity contribution in [2.45, 2.75) is 44.7 Å². The second-order valence-corrected chi connectivity index (χ2v) is 8.59. The summed E-state index contributed by atoms with van der Waals surface area (Å²) in [5.41, 5.74) is 2.89. The fourth-order valence-electron chi connectivity index (χ4n) is 5.13. The van der Waals surface area contributed by atoms with Crippen molar-refractivity contribution in [3.05, 3.63) is 76.0 Å². The van der Waals surface area contributed by atoms with E-state index in [4.69, 9.17) is 0 Å². The molecule has 5 rings (SSSR count). The van der Waals surface area contributed by atoms with E-state index in [9.17, 15) is 22.4 Å². The third kappa shape index (κ3) is 3.12. The number of aryl methyl sites for hydroxylation is 2. The van der Waals surface area contributed by atoms with E-state index in [0.717, 1.165) is 36.1 Å². The highest BCUT2D eigenvalue weighted by Gasteiger charge is 2.44. The van der Waals surface area contributed by atoms with Gasteiger partial charge in [-0.2, -0.15) is 5.10 Å². The van der Waals surface area contributed by atoms with Gasteiger partial charge in [0.05, 0.1) is 23.0 Å². The number of carbonyl (C=O) groups is 1. The summed E-state index contributed by atoms with van der Waals surface area (Å²) in [6.45, 7) is 1.76. The maximum absolute atomic E-state index is 14.6. The molecule has 1 fully saturated rings. The number of nitrogens with zero attached hydrogens (tertiary/aromatic N) is 3. The number of aromatic nitrogens is 2. The number of piperidine rings is 1. The predicted molar refractivity (Wildman–Crippen MR) is 110 cm³/mol. The summed E-state index contributed by atoms with van der Waals surface area (Å²) in [6.07, 6.45) is 2.70. The van der Waals surface area contributed by atoms with Crippen molar-refractivity contribution in [2.24, 2.45) is 7.05 Å². The number of rotatable bonds is 2. The minimum atomic E-state index is -1.52. The van der Waals surface area contributed by atoms with Crippen molar-refractivity contribution in [1.82, 2.24) is 14.7 Å². The van der Waals surface area contributed by atoms with Crippen LogP contribution in [0.15, 0.2) is 30.3 Å². The van der Waals surface area contributed by atoms with Crippen LogP contribution in [-0.2, 0) is 13.5 Å². The normalized spacial score (nSPS) is 19.8. The van der Waals surface area contributed by atoms with Gasteiger partial charge < -0.3 is 4.90 Å². The second-order valence-electron chi connectivity index (χ2n) is 8.59. The Morgan fingerprint density at radius 3 is 2.44 bits per heavy atom. The van der Waals surface area contributed by atoms with Crippen LogP contribution >= 0.6 is 0 Å². The van der Waals surface area contributed by atoms with E-state index in [1.165, 1.54) is 16.8 Å². The van der Waals surface area contributed by atoms with Crippen LogP contribution in [0.2, 0.25) is 0 Å². The lowest BCUT2D eigenvalue weighted by Gasteiger charge is -2.45. The van der Waals surface area contributed by atoms with Gasteiger partial charge in [-0.1, -0.05) is 6.07 Å². The highest BCUT2D eigenvalue weighted by Crippen LogP contribution is 2.45. The number of carbonyl (C=O) groups excluding carboxylic acids is 1. The topological polar surface area (TPSA) is 38.1 Å². The summed E-state index contributed by atoms with van der Waals surface area (Å²) in [5, 5.41) is 4.58. The van der Waals surface area contributed by atoms with Crippen LogP contribution < -0.4 is 0 Å². The molecule has 2 bridgehead atoms. The number of halogens is 4. The first-order valence-corrected chi connectivity index (χ1v) is 10.6. The predicted octanol–water partition coefficient (Wildman–Crippen LogP) is 5.24. The van der Waals surface area contributed by atoms with Crippen molar-refractivity contribution in [3.8, 4) is 11.3 Å². The van der Waals surface area contributed by atoms with Crippen molar-refractivity contribution in [3.63, 3.8) is 0 Å². The highest BCUT2D eigenvalue weighted by atomic mass is 19.2. The average molecular weight is 443 g/mol. The highest BCUT2D eigenvalue weighted by molar-refractivity contribution is 5.95. The van der Waals surface area contributed by atoms with Crippen molar-refractivity contribution >= 4 is 5.91 Å². The molecule has 0 radical (unpaired) electrons. The Bertz CT molecular complexity index is 1230. The van der Waals surface area contributed by atoms with Gasteiger partial charge in [-0.3, -0.25) is 9.48 Å². The van der Waals surface area contributed by atoms with Gasteiger partial charge in [-0.15, -0.1) is 0 Å². The van der Waals surface area contributed by atoms with E-state index in [2.05, 4.69) is 5.10 Å². The molecule has 0 spiro atoms. The van der Waals surface area contributed by atoms with Crippen molar-refractivity contribution in [2.75, 3.05) is 0 Å². The first kappa shape index (κ1) is 20.7. The van der Waals surface area contributed by atoms with Crippen LogP contribution in [0.5, 0.6) is 0 Å². The Labute approximate surface area is 182 Å². The molecule has 0 saturated carbocycles. The maximum atomic E-state index is 14.6. The smallest absolute Gasteiger partial charge is 0.257 e. The molecule has 8 heteroatoms. The first-order chi connectivity index (χ1) is 15.3. The zero-order chi connectivity index (χ0) is 22.7. The lowest BCUT2D eigenvalue weighted by molar-refractivity contribution is 0.0387. The van der Waals surface area contributed by atoms with E-state index >= 15 is 0 Å². The lowest BCUT2D eigenvalue weighted by atomic mass is 9.81. The Morgan fingerprint density at radius 1 is 1.03 bits per heavy atom. The van der Waals surface area contributed by atoms with Gasteiger partial charge in [0.1, 0.15) is 5.82 Å². The van der Waals surface area contributed by atoms with E-state index in [1.807, 2.05) is 0 Å². The molecule has 4 nitrogen and oxygen atoms in total. The van der Waals surface area contributed by atoms with E-state index in [1.54, 1.807) is 24.9 Å². The van der Waals surface area contributed by atoms with Crippen LogP contribution in [-0.4, -0.2) is 26.6 Å². The zero-order valence-electron chi connectivity index (χ0n) is 17.6. The monoisotopic (exact) mass is 443 g/mol. The van der Waals surface area contributed by atoms with Crippen LogP contribution in [0, 0.1) is 30.2 Å². The fourth-order valence-corrected chi connectivity index (χ4v) is 5.13. The molecule has 2 unspecified atom stereocenters. The third-order valence-electron chi connectivity index (χ3n) is 6.52. The van der Waals surface area contributed by atoms with Gasteiger partial charge in [-0.05, 0) is 62.4 Å². The molecule has 166 valence electrons. The standard InChI is InChI=1S/C24H21F4N3O/c1-12-6-7-15(17(25)8-12)24(32)31-14-4-3-5-20(31)22-16(11-14)23(30(2)29-22)13-9-18(26)21(28)19(27)10-13/h6-10,14,20H,3-5,11H2,1-2H3. The minimum absolute atomic E-state index is 0.0229. The number of benzene rings is 2. The van der Waals surface area contributed by atoms with Gasteiger partial charge in [0.2, 0.25) is 0 Å². The van der Waals surface area contributed by atoms with Crippen molar-refractivity contribution < 1.29 is 22.4 Å². The number of hydrogen-bond donors (Lipinski definition) is 0. The van der Waals surface area contributed by atoms with Crippen molar-refractivity contribution in [1.29, 1.82) is 0 Å². The fraction of sp³-hybridized carbons (Fsp3) is 0.333. The van der Waals surface area contributed by atoms with Crippen LogP contribution in [0.1, 0.15) is 52.5 Å². The molecule has 32 heavy (non-hydrogen) atoms. The summed E-state index contributed by atoms with van der Waals surface area (Å²) in [6, 6.07) is 5.93. The zero-order valence-corrected chi connectivity index (χ0v) is 17.6. The molecule has 2 aliphatic heterocycles. The Kier molecular flexibility index (Phi) is 4.83. The molecule has 1 saturated heterocycles. The SMILES string of the molecule is Cc1ccc(C(=O)N2C3CCCC2c2nn(C)c(-c4cc(F)c(F)c(F)c4)c2C3)c(F)c1. The number of fused-ring (bicyclic) bond motifs is 4. The maximum Gasteiger partial charge on any atom is 0.257 e. The molecule has 1 amide bonds. The van der Waals surface area contributed by atoms with Crippen LogP contribution in [0.3, 0.4) is 0 Å². The van der Waals surface area contributed by atoms with E-state index in [0.29, 0.717) is 24.2 Å². The molecule has 0 aliphatic carbocycles. The largest absolute Gasteiger partial charge is 0.327 e. The molecule has 3 heterocycles. The summed E-state index contributed by atoms with van der Waals surface area (Å²) >= 11 is 0. The van der Waals surface area contributed by atoms with Crippen LogP contribution in [0.4, 0.5) is 17.6 Å². The molecule has 2 aromatic carbocycles. The molecule has 2 atom stereocenters. The summed E-state index contributed by atoms with van der Waals surface area (Å²) < 4.78 is 57.4. The van der Waals surface area contributed by atoms with Gasteiger partial charge in [0.15, 0.2) is 17.5 Å². The Balaban J connectivity index is 1.60. The molecule has 3 aromatic rings. The first-order valence-electron chi connectivity index (χ1n) is 10.6. The summed E-state index contributed by atoms with van der Waals surface area (Å²) in [4.78, 5) is 15.1. The quantitative estimate of drug-likeness (QED) is 0.401. The van der Waals surface area contributed by atoms with Gasteiger partial charge in [-0.25, -0.2) is 17.6 Å². The van der Waals surface area contributed by atoms with E-state index in [-0.39, 0.29) is 29.1 Å². The Morgan fingerprint density at radius 2 is 1.75 bits per heavy atom. The molecule has 0 N–H and O–H groups in total. The Hall–Kier alpha value is -3.16. The molecule has 1 aromatic heterocycles. The third-order valence-corrected chi connectivity index (χ3v) is 6.52. The summed E-state index contributed by atoms with van der Waals surface area (Å²) in [5.74, 6) is -4.99. The van der Waals surface area contributed by atoms with E-state index < -0.39 is 23.3 Å². The second kappa shape index (κ2) is 7.46. The lowest BCUT2D eigenvalue weighted by Crippen LogP contribution is -2.50. The van der Waals surface area contributed by atoms with Gasteiger partial charge in [0, 0.05) is 24.2 Å². The van der Waals surface area contributed by atoms with Gasteiger partial charge in [0.25, 0.3) is 5.91 Å². The average Bonchev–Trinajstić information content (AvgIpc) is 3.06. The number of amides is 1. The van der Waals surface area contributed by atoms with Gasteiger partial charge >= 0.3 is 0 Å². The number of hydrogen-bond acceptors (Lipinski definition) is 2. The molecular formula is C24H21F4N3O. The minimum Gasteiger partial charge on any atom is -0.327 e. The summed E-state index contributed by atoms with van der Waals surface area (Å²) in [7, 11) is 1.66. The van der Waals surface area contributed by atoms with Crippen LogP contribution in [0.25, 0.3) is 11.3 Å². The molecule has 2 aliphatic rings. The molecular weight excluding hydrogens is 422 g/mol.